The van der Waals surface area contributed by atoms with Gasteiger partial charge < -0.3 is 5.73 Å². The Bertz CT molecular complexity index is 520. The van der Waals surface area contributed by atoms with Crippen LogP contribution in [0.25, 0.3) is 0 Å². The molecule has 1 aromatic rings. The second-order valence-electron chi connectivity index (χ2n) is 4.77. The first-order valence-corrected chi connectivity index (χ1v) is 7.79. The molecule has 2 rings (SSSR count). The van der Waals surface area contributed by atoms with Crippen LogP contribution in [0.2, 0.25) is 0 Å². The number of rotatable bonds is 3. The lowest BCUT2D eigenvalue weighted by atomic mass is 10.1. The van der Waals surface area contributed by atoms with Gasteiger partial charge in [-0.2, -0.15) is 4.31 Å². The van der Waals surface area contributed by atoms with E-state index in [1.807, 2.05) is 19.1 Å². The van der Waals surface area contributed by atoms with E-state index in [1.165, 1.54) is 0 Å². The highest BCUT2D eigenvalue weighted by Crippen LogP contribution is 2.24. The Morgan fingerprint density at radius 1 is 1.22 bits per heavy atom. The molecule has 5 heteroatoms. The molecule has 1 heterocycles. The summed E-state index contributed by atoms with van der Waals surface area (Å²) in [5.41, 5.74) is 7.23. The van der Waals surface area contributed by atoms with Gasteiger partial charge in [0.1, 0.15) is 0 Å². The monoisotopic (exact) mass is 268 g/mol. The third-order valence-corrected chi connectivity index (χ3v) is 5.46. The topological polar surface area (TPSA) is 63.4 Å². The number of hydrogen-bond donors (Lipinski definition) is 1. The van der Waals surface area contributed by atoms with Gasteiger partial charge in [0.25, 0.3) is 0 Å². The maximum atomic E-state index is 12.6. The van der Waals surface area contributed by atoms with Gasteiger partial charge in [0, 0.05) is 19.6 Å². The Morgan fingerprint density at radius 3 is 2.50 bits per heavy atom. The van der Waals surface area contributed by atoms with Crippen LogP contribution in [0.15, 0.2) is 23.1 Å². The van der Waals surface area contributed by atoms with Gasteiger partial charge in [-0.3, -0.25) is 0 Å². The van der Waals surface area contributed by atoms with E-state index >= 15 is 0 Å². The third-order valence-electron chi connectivity index (χ3n) is 3.42. The zero-order valence-corrected chi connectivity index (χ0v) is 11.5. The molecule has 4 nitrogen and oxygen atoms in total. The third kappa shape index (κ3) is 2.58. The van der Waals surface area contributed by atoms with Crippen LogP contribution in [0.4, 0.5) is 0 Å². The van der Waals surface area contributed by atoms with E-state index in [4.69, 9.17) is 5.73 Å². The van der Waals surface area contributed by atoms with E-state index in [1.54, 1.807) is 10.4 Å². The standard InChI is InChI=1S/C13H20N2O2S/c1-11-5-6-12(10-14)9-13(11)18(16,17)15-7-3-2-4-8-15/h5-6,9H,2-4,7-8,10,14H2,1H3. The van der Waals surface area contributed by atoms with E-state index in [0.29, 0.717) is 24.5 Å². The highest BCUT2D eigenvalue weighted by Gasteiger charge is 2.27. The summed E-state index contributed by atoms with van der Waals surface area (Å²) in [7, 11) is -3.35. The van der Waals surface area contributed by atoms with Crippen molar-refractivity contribution < 1.29 is 8.42 Å². The van der Waals surface area contributed by atoms with Crippen LogP contribution in [-0.2, 0) is 16.6 Å². The largest absolute Gasteiger partial charge is 0.326 e. The van der Waals surface area contributed by atoms with Crippen molar-refractivity contribution in [1.82, 2.24) is 4.31 Å². The zero-order chi connectivity index (χ0) is 13.2. The Hall–Kier alpha value is -0.910. The summed E-state index contributed by atoms with van der Waals surface area (Å²) in [6.07, 6.45) is 3.03. The molecule has 0 aromatic heterocycles. The number of sulfonamides is 1. The fourth-order valence-electron chi connectivity index (χ4n) is 2.29. The van der Waals surface area contributed by atoms with Gasteiger partial charge in [-0.05, 0) is 37.0 Å². The Kier molecular flexibility index (Phi) is 4.04. The number of aryl methyl sites for hydroxylation is 1. The van der Waals surface area contributed by atoms with Gasteiger partial charge in [0.05, 0.1) is 4.90 Å². The minimum absolute atomic E-state index is 0.364. The molecule has 2 N–H and O–H groups in total. The van der Waals surface area contributed by atoms with Crippen molar-refractivity contribution in [1.29, 1.82) is 0 Å². The van der Waals surface area contributed by atoms with Crippen LogP contribution in [0.5, 0.6) is 0 Å². The van der Waals surface area contributed by atoms with Crippen LogP contribution in [0.1, 0.15) is 30.4 Å². The van der Waals surface area contributed by atoms with E-state index in [0.717, 1.165) is 30.4 Å². The second-order valence-corrected chi connectivity index (χ2v) is 6.68. The zero-order valence-electron chi connectivity index (χ0n) is 10.7. The molecule has 0 aliphatic carbocycles. The number of hydrogen-bond acceptors (Lipinski definition) is 3. The van der Waals surface area contributed by atoms with E-state index in [9.17, 15) is 8.42 Å². The molecule has 1 fully saturated rings. The lowest BCUT2D eigenvalue weighted by Crippen LogP contribution is -2.36. The fourth-order valence-corrected chi connectivity index (χ4v) is 4.09. The number of nitrogens with zero attached hydrogens (tertiary/aromatic N) is 1. The molecule has 0 spiro atoms. The summed E-state index contributed by atoms with van der Waals surface area (Å²) in [5, 5.41) is 0. The summed E-state index contributed by atoms with van der Waals surface area (Å²) >= 11 is 0. The van der Waals surface area contributed by atoms with Crippen molar-refractivity contribution >= 4 is 10.0 Å². The highest BCUT2D eigenvalue weighted by molar-refractivity contribution is 7.89. The molecule has 0 radical (unpaired) electrons. The first kappa shape index (κ1) is 13.5. The predicted molar refractivity (Wildman–Crippen MR) is 71.7 cm³/mol. The SMILES string of the molecule is Cc1ccc(CN)cc1S(=O)(=O)N1CCCCC1. The van der Waals surface area contributed by atoms with Crippen molar-refractivity contribution in [3.63, 3.8) is 0 Å². The van der Waals surface area contributed by atoms with Crippen LogP contribution >= 0.6 is 0 Å². The molecule has 1 saturated heterocycles. The van der Waals surface area contributed by atoms with Crippen LogP contribution < -0.4 is 5.73 Å². The molecule has 1 aromatic carbocycles. The normalized spacial score (nSPS) is 17.9. The minimum atomic E-state index is -3.35. The molecule has 100 valence electrons. The van der Waals surface area contributed by atoms with Crippen molar-refractivity contribution in [3.8, 4) is 0 Å². The molecule has 0 unspecified atom stereocenters. The Labute approximate surface area is 109 Å². The maximum absolute atomic E-state index is 12.6. The average molecular weight is 268 g/mol. The van der Waals surface area contributed by atoms with E-state index < -0.39 is 10.0 Å². The average Bonchev–Trinajstić information content (AvgIpc) is 2.40. The van der Waals surface area contributed by atoms with Gasteiger partial charge in [-0.1, -0.05) is 18.6 Å². The summed E-state index contributed by atoms with van der Waals surface area (Å²) in [6.45, 7) is 3.46. The summed E-state index contributed by atoms with van der Waals surface area (Å²) in [5.74, 6) is 0. The first-order valence-electron chi connectivity index (χ1n) is 6.35. The molecular formula is C13H20N2O2S. The van der Waals surface area contributed by atoms with Crippen LogP contribution in [0, 0.1) is 6.92 Å². The molecule has 18 heavy (non-hydrogen) atoms. The molecule has 0 atom stereocenters. The van der Waals surface area contributed by atoms with Gasteiger partial charge in [0.15, 0.2) is 0 Å². The van der Waals surface area contributed by atoms with Gasteiger partial charge >= 0.3 is 0 Å². The van der Waals surface area contributed by atoms with Crippen molar-refractivity contribution in [2.45, 2.75) is 37.6 Å². The quantitative estimate of drug-likeness (QED) is 0.906. The smallest absolute Gasteiger partial charge is 0.243 e. The predicted octanol–water partition coefficient (Wildman–Crippen LogP) is 1.63. The summed E-state index contributed by atoms with van der Waals surface area (Å²) in [4.78, 5) is 0.410. The van der Waals surface area contributed by atoms with Crippen molar-refractivity contribution in [3.05, 3.63) is 29.3 Å². The van der Waals surface area contributed by atoms with Gasteiger partial charge in [0.2, 0.25) is 10.0 Å². The minimum Gasteiger partial charge on any atom is -0.326 e. The van der Waals surface area contributed by atoms with E-state index in [2.05, 4.69) is 0 Å². The molecule has 1 aliphatic heterocycles. The van der Waals surface area contributed by atoms with Gasteiger partial charge in [-0.15, -0.1) is 0 Å². The summed E-state index contributed by atoms with van der Waals surface area (Å²) in [6, 6.07) is 5.42. The molecule has 0 amide bonds. The maximum Gasteiger partial charge on any atom is 0.243 e. The van der Waals surface area contributed by atoms with Crippen LogP contribution in [0.3, 0.4) is 0 Å². The Morgan fingerprint density at radius 2 is 1.89 bits per heavy atom. The van der Waals surface area contributed by atoms with E-state index in [-0.39, 0.29) is 0 Å². The summed E-state index contributed by atoms with van der Waals surface area (Å²) < 4.78 is 26.7. The van der Waals surface area contributed by atoms with Crippen molar-refractivity contribution in [2.24, 2.45) is 5.73 Å². The molecule has 0 saturated carbocycles. The lowest BCUT2D eigenvalue weighted by Gasteiger charge is -2.26. The number of piperidine rings is 1. The lowest BCUT2D eigenvalue weighted by molar-refractivity contribution is 0.346. The van der Waals surface area contributed by atoms with Gasteiger partial charge in [-0.25, -0.2) is 8.42 Å². The number of benzene rings is 1. The first-order chi connectivity index (χ1) is 8.55. The fraction of sp³-hybridized carbons (Fsp3) is 0.538. The molecular weight excluding hydrogens is 248 g/mol. The number of nitrogens with two attached hydrogens (primary N) is 1. The molecule has 0 bridgehead atoms. The Balaban J connectivity index is 2.39. The van der Waals surface area contributed by atoms with Crippen molar-refractivity contribution in [2.75, 3.05) is 13.1 Å². The van der Waals surface area contributed by atoms with Crippen LogP contribution in [-0.4, -0.2) is 25.8 Å². The molecule has 1 aliphatic rings. The highest BCUT2D eigenvalue weighted by atomic mass is 32.2. The second kappa shape index (κ2) is 5.38.